The van der Waals surface area contributed by atoms with Crippen molar-refractivity contribution in [1.82, 2.24) is 4.98 Å². The highest BCUT2D eigenvalue weighted by atomic mass is 32.2. The van der Waals surface area contributed by atoms with Crippen molar-refractivity contribution >= 4 is 46.5 Å². The van der Waals surface area contributed by atoms with E-state index in [4.69, 9.17) is 0 Å². The summed E-state index contributed by atoms with van der Waals surface area (Å²) in [6.07, 6.45) is 0. The normalized spacial score (nSPS) is 10.9. The Morgan fingerprint density at radius 3 is 2.54 bits per heavy atom. The molecule has 0 saturated carbocycles. The number of benzene rings is 2. The molecule has 3 aromatic rings. The number of thioether (sulfide) groups is 2. The molecule has 1 heterocycles. The van der Waals surface area contributed by atoms with Gasteiger partial charge in [-0.15, -0.1) is 11.3 Å². The lowest BCUT2D eigenvalue weighted by Crippen LogP contribution is -2.13. The molecule has 0 spiro atoms. The van der Waals surface area contributed by atoms with E-state index in [1.807, 2.05) is 35.7 Å². The molecule has 1 aromatic heterocycles. The van der Waals surface area contributed by atoms with E-state index in [9.17, 15) is 13.6 Å². The van der Waals surface area contributed by atoms with Gasteiger partial charge in [0.1, 0.15) is 0 Å². The van der Waals surface area contributed by atoms with Crippen LogP contribution in [0.1, 0.15) is 0 Å². The van der Waals surface area contributed by atoms with Crippen LogP contribution in [-0.2, 0) is 4.79 Å². The largest absolute Gasteiger partial charge is 0.325 e. The van der Waals surface area contributed by atoms with E-state index in [0.29, 0.717) is 22.3 Å². The highest BCUT2D eigenvalue weighted by Gasteiger charge is 2.09. The third-order valence-corrected chi connectivity index (χ3v) is 5.99. The first kappa shape index (κ1) is 18.9. The number of halogens is 2. The summed E-state index contributed by atoms with van der Waals surface area (Å²) in [5.41, 5.74) is 2.52. The number of carbonyl (C=O) groups excluding carboxylic acids is 1. The molecule has 134 valence electrons. The number of alkyl halides is 2. The smallest absolute Gasteiger partial charge is 0.288 e. The molecule has 26 heavy (non-hydrogen) atoms. The summed E-state index contributed by atoms with van der Waals surface area (Å²) in [6, 6.07) is 16.2. The first-order valence-corrected chi connectivity index (χ1v) is 10.3. The fraction of sp³-hybridized carbons (Fsp3) is 0.111. The van der Waals surface area contributed by atoms with E-state index in [0.717, 1.165) is 15.6 Å². The van der Waals surface area contributed by atoms with Gasteiger partial charge < -0.3 is 5.32 Å². The van der Waals surface area contributed by atoms with Crippen LogP contribution >= 0.6 is 34.9 Å². The maximum Gasteiger partial charge on any atom is 0.288 e. The van der Waals surface area contributed by atoms with Crippen molar-refractivity contribution in [1.29, 1.82) is 0 Å². The molecule has 3 rings (SSSR count). The van der Waals surface area contributed by atoms with Crippen LogP contribution in [0.2, 0.25) is 0 Å². The molecule has 0 bridgehead atoms. The minimum atomic E-state index is -2.45. The highest BCUT2D eigenvalue weighted by molar-refractivity contribution is 8.01. The van der Waals surface area contributed by atoms with Gasteiger partial charge in [0.25, 0.3) is 5.76 Å². The number of rotatable bonds is 7. The summed E-state index contributed by atoms with van der Waals surface area (Å²) >= 11 is 3.34. The number of hydrogen-bond donors (Lipinski definition) is 1. The van der Waals surface area contributed by atoms with Gasteiger partial charge in [-0.25, -0.2) is 4.98 Å². The Morgan fingerprint density at radius 1 is 1.12 bits per heavy atom. The van der Waals surface area contributed by atoms with Gasteiger partial charge in [-0.2, -0.15) is 8.78 Å². The number of carbonyl (C=O) groups is 1. The van der Waals surface area contributed by atoms with Crippen LogP contribution in [0.5, 0.6) is 0 Å². The summed E-state index contributed by atoms with van der Waals surface area (Å²) in [4.78, 5) is 17.0. The molecule has 8 heteroatoms. The lowest BCUT2D eigenvalue weighted by molar-refractivity contribution is -0.113. The van der Waals surface area contributed by atoms with E-state index in [1.165, 1.54) is 23.1 Å². The van der Waals surface area contributed by atoms with Gasteiger partial charge in [-0.3, -0.25) is 4.79 Å². The minimum absolute atomic E-state index is 0.166. The number of nitrogens with zero attached hydrogens (tertiary/aromatic N) is 1. The van der Waals surface area contributed by atoms with Crippen LogP contribution in [0, 0.1) is 0 Å². The van der Waals surface area contributed by atoms with E-state index >= 15 is 0 Å². The number of thiazole rings is 1. The average Bonchev–Trinajstić information content (AvgIpc) is 3.11. The topological polar surface area (TPSA) is 42.0 Å². The molecular formula is C18H14F2N2OS3. The molecule has 0 aliphatic carbocycles. The third kappa shape index (κ3) is 5.55. The molecule has 0 aliphatic rings. The molecule has 0 fully saturated rings. The van der Waals surface area contributed by atoms with E-state index in [1.54, 1.807) is 24.3 Å². The quantitative estimate of drug-likeness (QED) is 0.498. The third-order valence-electron chi connectivity index (χ3n) is 3.24. The molecule has 0 unspecified atom stereocenters. The zero-order valence-corrected chi connectivity index (χ0v) is 15.8. The fourth-order valence-corrected chi connectivity index (χ4v) is 4.24. The van der Waals surface area contributed by atoms with Gasteiger partial charge in [-0.1, -0.05) is 53.9 Å². The summed E-state index contributed by atoms with van der Waals surface area (Å²) < 4.78 is 25.4. The Bertz CT molecular complexity index is 854. The Kier molecular flexibility index (Phi) is 6.65. The molecule has 1 N–H and O–H groups in total. The Labute approximate surface area is 162 Å². The van der Waals surface area contributed by atoms with Crippen LogP contribution < -0.4 is 5.32 Å². The summed E-state index contributed by atoms with van der Waals surface area (Å²) in [6.45, 7) is 0. The van der Waals surface area contributed by atoms with E-state index in [2.05, 4.69) is 10.3 Å². The van der Waals surface area contributed by atoms with Crippen LogP contribution in [-0.4, -0.2) is 22.4 Å². The van der Waals surface area contributed by atoms with Gasteiger partial charge in [0.05, 0.1) is 11.4 Å². The van der Waals surface area contributed by atoms with Gasteiger partial charge in [0, 0.05) is 21.5 Å². The Balaban J connectivity index is 1.50. The van der Waals surface area contributed by atoms with E-state index < -0.39 is 5.76 Å². The number of aromatic nitrogens is 1. The first-order valence-electron chi connectivity index (χ1n) is 7.58. The van der Waals surface area contributed by atoms with Gasteiger partial charge in [0.15, 0.2) is 4.34 Å². The van der Waals surface area contributed by atoms with Crippen molar-refractivity contribution in [3.8, 4) is 11.3 Å². The molecule has 2 aromatic carbocycles. The van der Waals surface area contributed by atoms with Crippen molar-refractivity contribution in [3.05, 3.63) is 60.0 Å². The second kappa shape index (κ2) is 9.16. The molecular weight excluding hydrogens is 394 g/mol. The van der Waals surface area contributed by atoms with Crippen LogP contribution in [0.4, 0.5) is 14.5 Å². The summed E-state index contributed by atoms with van der Waals surface area (Å²) in [5.74, 6) is -2.39. The Hall–Kier alpha value is -1.90. The second-order valence-electron chi connectivity index (χ2n) is 5.10. The standard InChI is InChI=1S/C18H14F2N2OS3/c19-17(20)26-14-8-6-13(7-9-14)21-16(23)11-25-18-22-15(10-24-18)12-4-2-1-3-5-12/h1-10,17H,11H2,(H,21,23). The Morgan fingerprint density at radius 2 is 1.85 bits per heavy atom. The van der Waals surface area contributed by atoms with Gasteiger partial charge in [0.2, 0.25) is 5.91 Å². The molecule has 0 radical (unpaired) electrons. The van der Waals surface area contributed by atoms with Crippen molar-refractivity contribution in [2.75, 3.05) is 11.1 Å². The maximum absolute atomic E-state index is 12.3. The monoisotopic (exact) mass is 408 g/mol. The van der Waals surface area contributed by atoms with Gasteiger partial charge in [-0.05, 0) is 24.3 Å². The first-order chi connectivity index (χ1) is 12.6. The van der Waals surface area contributed by atoms with Crippen molar-refractivity contribution in [2.24, 2.45) is 0 Å². The van der Waals surface area contributed by atoms with Crippen LogP contribution in [0.15, 0.2) is 69.2 Å². The highest BCUT2D eigenvalue weighted by Crippen LogP contribution is 2.29. The number of nitrogens with one attached hydrogen (secondary N) is 1. The van der Waals surface area contributed by atoms with Crippen molar-refractivity contribution in [2.45, 2.75) is 15.0 Å². The SMILES string of the molecule is O=C(CSc1nc(-c2ccccc2)cs1)Nc1ccc(SC(F)F)cc1. The maximum atomic E-state index is 12.3. The zero-order chi connectivity index (χ0) is 18.4. The van der Waals surface area contributed by atoms with Crippen LogP contribution in [0.3, 0.4) is 0 Å². The van der Waals surface area contributed by atoms with Crippen LogP contribution in [0.25, 0.3) is 11.3 Å². The number of amides is 1. The fourth-order valence-electron chi connectivity index (χ4n) is 2.11. The molecule has 0 saturated heterocycles. The van der Waals surface area contributed by atoms with E-state index in [-0.39, 0.29) is 11.7 Å². The lowest BCUT2D eigenvalue weighted by Gasteiger charge is -2.05. The van der Waals surface area contributed by atoms with Gasteiger partial charge >= 0.3 is 0 Å². The number of hydrogen-bond acceptors (Lipinski definition) is 5. The molecule has 3 nitrogen and oxygen atoms in total. The summed E-state index contributed by atoms with van der Waals surface area (Å²) in [5, 5.41) is 4.72. The second-order valence-corrected chi connectivity index (χ2v) is 8.25. The zero-order valence-electron chi connectivity index (χ0n) is 13.4. The average molecular weight is 409 g/mol. The molecule has 1 amide bonds. The molecule has 0 aliphatic heterocycles. The summed E-state index contributed by atoms with van der Waals surface area (Å²) in [7, 11) is 0. The number of anilines is 1. The van der Waals surface area contributed by atoms with Crippen molar-refractivity contribution < 1.29 is 13.6 Å². The lowest BCUT2D eigenvalue weighted by atomic mass is 10.2. The predicted molar refractivity (Wildman–Crippen MR) is 105 cm³/mol. The van der Waals surface area contributed by atoms with Crippen molar-refractivity contribution in [3.63, 3.8) is 0 Å². The minimum Gasteiger partial charge on any atom is -0.325 e. The predicted octanol–water partition coefficient (Wildman–Crippen LogP) is 5.86. The molecule has 0 atom stereocenters.